The zero-order chi connectivity index (χ0) is 15.9. The van der Waals surface area contributed by atoms with Gasteiger partial charge < -0.3 is 10.1 Å². The Morgan fingerprint density at radius 1 is 1.00 bits per heavy atom. The Morgan fingerprint density at radius 2 is 1.55 bits per heavy atom. The van der Waals surface area contributed by atoms with Gasteiger partial charge in [-0.25, -0.2) is 0 Å². The summed E-state index contributed by atoms with van der Waals surface area (Å²) in [4.78, 5) is 11.1. The maximum atomic E-state index is 11.1. The number of hydrogen-bond acceptors (Lipinski definition) is 3. The fourth-order valence-corrected chi connectivity index (χ4v) is 2.07. The van der Waals surface area contributed by atoms with Crippen LogP contribution in [0.3, 0.4) is 0 Å². The number of carbonyl (C=O) groups is 1. The molecule has 0 unspecified atom stereocenters. The largest absolute Gasteiger partial charge is 0.461 e. The van der Waals surface area contributed by atoms with Gasteiger partial charge in [0.2, 0.25) is 0 Å². The van der Waals surface area contributed by atoms with Crippen LogP contribution in [-0.4, -0.2) is 5.97 Å². The Kier molecular flexibility index (Phi) is 5.59. The standard InChI is InChI=1S/C19H23NO2/c1-4-19(21)22-13-15-5-9-17(10-6-15)20-18-11-7-16(8-12-18)14(2)3/h5-12,14,20H,4,13H2,1-3H3. The molecule has 22 heavy (non-hydrogen) atoms. The fourth-order valence-electron chi connectivity index (χ4n) is 2.07. The quantitative estimate of drug-likeness (QED) is 0.762. The van der Waals surface area contributed by atoms with E-state index in [1.54, 1.807) is 6.92 Å². The van der Waals surface area contributed by atoms with Gasteiger partial charge in [-0.1, -0.05) is 45.0 Å². The SMILES string of the molecule is CCC(=O)OCc1ccc(Nc2ccc(C(C)C)cc2)cc1. The van der Waals surface area contributed by atoms with Crippen molar-refractivity contribution in [1.29, 1.82) is 0 Å². The molecule has 0 fully saturated rings. The molecule has 0 radical (unpaired) electrons. The molecule has 3 heteroatoms. The first-order valence-corrected chi connectivity index (χ1v) is 7.70. The van der Waals surface area contributed by atoms with Gasteiger partial charge in [0, 0.05) is 17.8 Å². The van der Waals surface area contributed by atoms with Crippen LogP contribution >= 0.6 is 0 Å². The van der Waals surface area contributed by atoms with Gasteiger partial charge in [-0.3, -0.25) is 4.79 Å². The molecule has 2 aromatic carbocycles. The van der Waals surface area contributed by atoms with Gasteiger partial charge in [-0.2, -0.15) is 0 Å². The van der Waals surface area contributed by atoms with Crippen LogP contribution in [0.25, 0.3) is 0 Å². The van der Waals surface area contributed by atoms with Crippen LogP contribution in [0, 0.1) is 0 Å². The topological polar surface area (TPSA) is 38.3 Å². The summed E-state index contributed by atoms with van der Waals surface area (Å²) in [5.74, 6) is 0.367. The van der Waals surface area contributed by atoms with E-state index in [4.69, 9.17) is 4.74 Å². The number of rotatable bonds is 6. The first-order chi connectivity index (χ1) is 10.6. The van der Waals surface area contributed by atoms with E-state index in [9.17, 15) is 4.79 Å². The molecule has 0 aliphatic rings. The zero-order valence-corrected chi connectivity index (χ0v) is 13.4. The molecule has 0 aromatic heterocycles. The Morgan fingerprint density at radius 3 is 2.05 bits per heavy atom. The third kappa shape index (κ3) is 4.62. The Balaban J connectivity index is 1.94. The average Bonchev–Trinajstić information content (AvgIpc) is 2.54. The second-order valence-corrected chi connectivity index (χ2v) is 5.61. The highest BCUT2D eigenvalue weighted by atomic mass is 16.5. The second kappa shape index (κ2) is 7.64. The molecule has 116 valence electrons. The Hall–Kier alpha value is -2.29. The molecule has 3 nitrogen and oxygen atoms in total. The number of nitrogens with one attached hydrogen (secondary N) is 1. The lowest BCUT2D eigenvalue weighted by molar-refractivity contribution is -0.144. The van der Waals surface area contributed by atoms with Gasteiger partial charge in [-0.15, -0.1) is 0 Å². The molecule has 0 amide bonds. The van der Waals surface area contributed by atoms with E-state index in [2.05, 4.69) is 43.4 Å². The van der Waals surface area contributed by atoms with Crippen molar-refractivity contribution in [3.05, 3.63) is 59.7 Å². The molecular weight excluding hydrogens is 274 g/mol. The number of hydrogen-bond donors (Lipinski definition) is 1. The maximum absolute atomic E-state index is 11.1. The van der Waals surface area contributed by atoms with Crippen LogP contribution in [0.4, 0.5) is 11.4 Å². The van der Waals surface area contributed by atoms with Gasteiger partial charge >= 0.3 is 5.97 Å². The first kappa shape index (κ1) is 16.1. The minimum Gasteiger partial charge on any atom is -0.461 e. The molecule has 0 saturated carbocycles. The van der Waals surface area contributed by atoms with Gasteiger partial charge in [0.1, 0.15) is 6.61 Å². The molecule has 0 bridgehead atoms. The summed E-state index contributed by atoms with van der Waals surface area (Å²) in [5, 5.41) is 3.37. The van der Waals surface area contributed by atoms with Crippen molar-refractivity contribution in [3.8, 4) is 0 Å². The number of benzene rings is 2. The van der Waals surface area contributed by atoms with Crippen LogP contribution < -0.4 is 5.32 Å². The summed E-state index contributed by atoms with van der Waals surface area (Å²) in [6, 6.07) is 16.4. The van der Waals surface area contributed by atoms with Crippen molar-refractivity contribution in [2.24, 2.45) is 0 Å². The summed E-state index contributed by atoms with van der Waals surface area (Å²) in [6.07, 6.45) is 0.409. The third-order valence-electron chi connectivity index (χ3n) is 3.51. The van der Waals surface area contributed by atoms with Crippen molar-refractivity contribution in [2.75, 3.05) is 5.32 Å². The van der Waals surface area contributed by atoms with Crippen LogP contribution in [0.1, 0.15) is 44.2 Å². The summed E-state index contributed by atoms with van der Waals surface area (Å²) in [6.45, 7) is 6.50. The van der Waals surface area contributed by atoms with E-state index in [0.717, 1.165) is 16.9 Å². The highest BCUT2D eigenvalue weighted by Gasteiger charge is 2.01. The van der Waals surface area contributed by atoms with E-state index >= 15 is 0 Å². The normalized spacial score (nSPS) is 10.5. The van der Waals surface area contributed by atoms with E-state index in [0.29, 0.717) is 18.9 Å². The van der Waals surface area contributed by atoms with Gasteiger partial charge in [-0.05, 0) is 41.3 Å². The number of anilines is 2. The molecule has 0 aliphatic carbocycles. The molecule has 2 aromatic rings. The highest BCUT2D eigenvalue weighted by Crippen LogP contribution is 2.21. The predicted molar refractivity (Wildman–Crippen MR) is 90.3 cm³/mol. The molecule has 0 aliphatic heterocycles. The summed E-state index contributed by atoms with van der Waals surface area (Å²) >= 11 is 0. The van der Waals surface area contributed by atoms with Crippen LogP contribution in [0.2, 0.25) is 0 Å². The first-order valence-electron chi connectivity index (χ1n) is 7.70. The van der Waals surface area contributed by atoms with Crippen molar-refractivity contribution < 1.29 is 9.53 Å². The zero-order valence-electron chi connectivity index (χ0n) is 13.4. The lowest BCUT2D eigenvalue weighted by atomic mass is 10.0. The molecule has 1 N–H and O–H groups in total. The van der Waals surface area contributed by atoms with Crippen LogP contribution in [-0.2, 0) is 16.1 Å². The smallest absolute Gasteiger partial charge is 0.305 e. The second-order valence-electron chi connectivity index (χ2n) is 5.61. The van der Waals surface area contributed by atoms with Crippen molar-refractivity contribution in [3.63, 3.8) is 0 Å². The monoisotopic (exact) mass is 297 g/mol. The van der Waals surface area contributed by atoms with Crippen molar-refractivity contribution in [2.45, 2.75) is 39.7 Å². The lowest BCUT2D eigenvalue weighted by Crippen LogP contribution is -2.02. The Labute approximate surface area is 132 Å². The van der Waals surface area contributed by atoms with Crippen molar-refractivity contribution >= 4 is 17.3 Å². The van der Waals surface area contributed by atoms with Crippen molar-refractivity contribution in [1.82, 2.24) is 0 Å². The lowest BCUT2D eigenvalue weighted by Gasteiger charge is -2.10. The molecule has 0 saturated heterocycles. The number of esters is 1. The Bertz CT molecular complexity index is 600. The molecule has 0 spiro atoms. The molecule has 0 atom stereocenters. The van der Waals surface area contributed by atoms with Gasteiger partial charge in [0.15, 0.2) is 0 Å². The number of carbonyl (C=O) groups excluding carboxylic acids is 1. The fraction of sp³-hybridized carbons (Fsp3) is 0.316. The number of ether oxygens (including phenoxy) is 1. The molecule has 0 heterocycles. The van der Waals surface area contributed by atoms with E-state index in [1.165, 1.54) is 5.56 Å². The summed E-state index contributed by atoms with van der Waals surface area (Å²) < 4.78 is 5.11. The molecule has 2 rings (SSSR count). The van der Waals surface area contributed by atoms with Gasteiger partial charge in [0.05, 0.1) is 0 Å². The van der Waals surface area contributed by atoms with E-state index in [1.807, 2.05) is 24.3 Å². The minimum absolute atomic E-state index is 0.174. The van der Waals surface area contributed by atoms with Crippen LogP contribution in [0.15, 0.2) is 48.5 Å². The highest BCUT2D eigenvalue weighted by molar-refractivity contribution is 5.69. The summed E-state index contributed by atoms with van der Waals surface area (Å²) in [5.41, 5.74) is 4.40. The van der Waals surface area contributed by atoms with Crippen LogP contribution in [0.5, 0.6) is 0 Å². The predicted octanol–water partition coefficient (Wildman–Crippen LogP) is 5.01. The third-order valence-corrected chi connectivity index (χ3v) is 3.51. The summed E-state index contributed by atoms with van der Waals surface area (Å²) in [7, 11) is 0. The van der Waals surface area contributed by atoms with E-state index in [-0.39, 0.29) is 5.97 Å². The van der Waals surface area contributed by atoms with Gasteiger partial charge in [0.25, 0.3) is 0 Å². The average molecular weight is 297 g/mol. The maximum Gasteiger partial charge on any atom is 0.305 e. The van der Waals surface area contributed by atoms with E-state index < -0.39 is 0 Å². The minimum atomic E-state index is -0.174. The molecular formula is C19H23NO2.